The number of anilines is 2. The number of piperidine rings is 1. The third-order valence-corrected chi connectivity index (χ3v) is 3.73. The molecule has 0 amide bonds. The van der Waals surface area contributed by atoms with Crippen molar-refractivity contribution < 1.29 is 0 Å². The monoisotopic (exact) mass is 262 g/mol. The molecule has 1 N–H and O–H groups in total. The Morgan fingerprint density at radius 1 is 1.32 bits per heavy atom. The van der Waals surface area contributed by atoms with Gasteiger partial charge in [0.25, 0.3) is 0 Å². The summed E-state index contributed by atoms with van der Waals surface area (Å²) in [6.07, 6.45) is 6.43. The number of nitrogens with one attached hydrogen (secondary N) is 1. The average Bonchev–Trinajstić information content (AvgIpc) is 2.39. The zero-order valence-electron chi connectivity index (χ0n) is 12.4. The molecule has 0 bridgehead atoms. The van der Waals surface area contributed by atoms with E-state index in [9.17, 15) is 0 Å². The first-order valence-corrected chi connectivity index (χ1v) is 7.60. The number of nitrogens with zero attached hydrogens (tertiary/aromatic N) is 3. The molecule has 0 radical (unpaired) electrons. The summed E-state index contributed by atoms with van der Waals surface area (Å²) in [7, 11) is 0. The molecule has 2 rings (SSSR count). The van der Waals surface area contributed by atoms with Gasteiger partial charge in [0.15, 0.2) is 0 Å². The zero-order valence-corrected chi connectivity index (χ0v) is 12.4. The fraction of sp³-hybridized carbons (Fsp3) is 0.733. The van der Waals surface area contributed by atoms with E-state index in [0.717, 1.165) is 30.5 Å². The van der Waals surface area contributed by atoms with Crippen LogP contribution in [-0.4, -0.2) is 29.1 Å². The van der Waals surface area contributed by atoms with Gasteiger partial charge in [0.05, 0.1) is 0 Å². The summed E-state index contributed by atoms with van der Waals surface area (Å²) in [5.74, 6) is 2.90. The van der Waals surface area contributed by atoms with E-state index in [1.54, 1.807) is 0 Å². The third-order valence-electron chi connectivity index (χ3n) is 3.73. The van der Waals surface area contributed by atoms with Gasteiger partial charge in [-0.3, -0.25) is 0 Å². The lowest BCUT2D eigenvalue weighted by atomic mass is 9.98. The second-order valence-corrected chi connectivity index (χ2v) is 5.32. The molecule has 106 valence electrons. The Balaban J connectivity index is 2.22. The standard InChI is InChI=1S/C15H26N4/c1-4-8-13-9-6-7-10-19(13)15-11-14(16-5-2)17-12(3)18-15/h11,13H,4-10H2,1-3H3,(H,16,17,18). The highest BCUT2D eigenvalue weighted by molar-refractivity contribution is 5.50. The summed E-state index contributed by atoms with van der Waals surface area (Å²) < 4.78 is 0. The first kappa shape index (κ1) is 14.1. The molecular weight excluding hydrogens is 236 g/mol. The van der Waals surface area contributed by atoms with Crippen molar-refractivity contribution >= 4 is 11.6 Å². The highest BCUT2D eigenvalue weighted by Crippen LogP contribution is 2.27. The summed E-state index contributed by atoms with van der Waals surface area (Å²) >= 11 is 0. The Morgan fingerprint density at radius 2 is 2.16 bits per heavy atom. The first-order valence-electron chi connectivity index (χ1n) is 7.60. The van der Waals surface area contributed by atoms with Crippen LogP contribution in [0.25, 0.3) is 0 Å². The predicted molar refractivity (Wildman–Crippen MR) is 80.8 cm³/mol. The number of hydrogen-bond acceptors (Lipinski definition) is 4. The zero-order chi connectivity index (χ0) is 13.7. The summed E-state index contributed by atoms with van der Waals surface area (Å²) in [5.41, 5.74) is 0. The van der Waals surface area contributed by atoms with Crippen molar-refractivity contribution in [3.8, 4) is 0 Å². The number of rotatable bonds is 5. The fourth-order valence-electron chi connectivity index (χ4n) is 2.91. The molecule has 4 heteroatoms. The second-order valence-electron chi connectivity index (χ2n) is 5.32. The Labute approximate surface area is 116 Å². The molecule has 1 aliphatic heterocycles. The lowest BCUT2D eigenvalue weighted by molar-refractivity contribution is 0.431. The van der Waals surface area contributed by atoms with Crippen LogP contribution in [0.15, 0.2) is 6.07 Å². The van der Waals surface area contributed by atoms with Gasteiger partial charge < -0.3 is 10.2 Å². The van der Waals surface area contributed by atoms with Gasteiger partial charge in [0, 0.05) is 25.2 Å². The minimum absolute atomic E-state index is 0.655. The molecule has 0 aromatic carbocycles. The largest absolute Gasteiger partial charge is 0.370 e. The van der Waals surface area contributed by atoms with Crippen LogP contribution in [0.1, 0.15) is 51.8 Å². The summed E-state index contributed by atoms with van der Waals surface area (Å²) in [6, 6.07) is 2.76. The van der Waals surface area contributed by atoms with Gasteiger partial charge in [-0.1, -0.05) is 13.3 Å². The summed E-state index contributed by atoms with van der Waals surface area (Å²) in [5, 5.41) is 3.30. The van der Waals surface area contributed by atoms with Gasteiger partial charge in [-0.25, -0.2) is 9.97 Å². The molecule has 1 aromatic heterocycles. The fourth-order valence-corrected chi connectivity index (χ4v) is 2.91. The lowest BCUT2D eigenvalue weighted by Crippen LogP contribution is -2.40. The van der Waals surface area contributed by atoms with E-state index in [1.807, 2.05) is 6.92 Å². The van der Waals surface area contributed by atoms with Crippen molar-refractivity contribution in [2.24, 2.45) is 0 Å². The molecule has 0 saturated carbocycles. The van der Waals surface area contributed by atoms with E-state index in [2.05, 4.69) is 40.1 Å². The molecule has 1 saturated heterocycles. The Bertz CT molecular complexity index is 403. The second kappa shape index (κ2) is 6.73. The van der Waals surface area contributed by atoms with Crippen LogP contribution in [-0.2, 0) is 0 Å². The van der Waals surface area contributed by atoms with Crippen molar-refractivity contribution in [2.75, 3.05) is 23.3 Å². The molecule has 1 atom stereocenters. The minimum atomic E-state index is 0.655. The molecule has 19 heavy (non-hydrogen) atoms. The van der Waals surface area contributed by atoms with E-state index in [0.29, 0.717) is 6.04 Å². The summed E-state index contributed by atoms with van der Waals surface area (Å²) in [4.78, 5) is 11.6. The van der Waals surface area contributed by atoms with Gasteiger partial charge >= 0.3 is 0 Å². The van der Waals surface area contributed by atoms with Crippen LogP contribution >= 0.6 is 0 Å². The van der Waals surface area contributed by atoms with Crippen LogP contribution in [0.4, 0.5) is 11.6 Å². The van der Waals surface area contributed by atoms with Crippen molar-refractivity contribution in [1.29, 1.82) is 0 Å². The quantitative estimate of drug-likeness (QED) is 0.883. The van der Waals surface area contributed by atoms with Gasteiger partial charge in [-0.15, -0.1) is 0 Å². The van der Waals surface area contributed by atoms with E-state index >= 15 is 0 Å². The van der Waals surface area contributed by atoms with Gasteiger partial charge in [-0.05, 0) is 39.5 Å². The SMILES string of the molecule is CCCC1CCCCN1c1cc(NCC)nc(C)n1. The van der Waals surface area contributed by atoms with Crippen LogP contribution in [0, 0.1) is 6.92 Å². The van der Waals surface area contributed by atoms with E-state index in [1.165, 1.54) is 32.1 Å². The van der Waals surface area contributed by atoms with Crippen molar-refractivity contribution in [1.82, 2.24) is 9.97 Å². The van der Waals surface area contributed by atoms with E-state index in [4.69, 9.17) is 0 Å². The average molecular weight is 262 g/mol. The first-order chi connectivity index (χ1) is 9.24. The normalized spacial score (nSPS) is 19.5. The van der Waals surface area contributed by atoms with Crippen LogP contribution in [0.3, 0.4) is 0 Å². The van der Waals surface area contributed by atoms with Gasteiger partial charge in [-0.2, -0.15) is 0 Å². The van der Waals surface area contributed by atoms with Crippen molar-refractivity contribution in [3.63, 3.8) is 0 Å². The maximum absolute atomic E-state index is 4.65. The van der Waals surface area contributed by atoms with Gasteiger partial charge in [0.2, 0.25) is 0 Å². The molecule has 1 aromatic rings. The van der Waals surface area contributed by atoms with Gasteiger partial charge in [0.1, 0.15) is 17.5 Å². The van der Waals surface area contributed by atoms with Crippen molar-refractivity contribution in [2.45, 2.75) is 58.9 Å². The van der Waals surface area contributed by atoms with E-state index < -0.39 is 0 Å². The smallest absolute Gasteiger partial charge is 0.134 e. The third kappa shape index (κ3) is 3.58. The van der Waals surface area contributed by atoms with Crippen LogP contribution in [0.2, 0.25) is 0 Å². The topological polar surface area (TPSA) is 41.0 Å². The maximum Gasteiger partial charge on any atom is 0.134 e. The molecule has 4 nitrogen and oxygen atoms in total. The minimum Gasteiger partial charge on any atom is -0.370 e. The van der Waals surface area contributed by atoms with Crippen LogP contribution < -0.4 is 10.2 Å². The number of hydrogen-bond donors (Lipinski definition) is 1. The predicted octanol–water partition coefficient (Wildman–Crippen LogP) is 3.38. The maximum atomic E-state index is 4.65. The van der Waals surface area contributed by atoms with Crippen LogP contribution in [0.5, 0.6) is 0 Å². The molecule has 1 fully saturated rings. The highest BCUT2D eigenvalue weighted by Gasteiger charge is 2.23. The molecular formula is C15H26N4. The number of aromatic nitrogens is 2. The Hall–Kier alpha value is -1.32. The molecule has 0 spiro atoms. The molecule has 2 heterocycles. The van der Waals surface area contributed by atoms with E-state index in [-0.39, 0.29) is 0 Å². The number of aryl methyl sites for hydroxylation is 1. The highest BCUT2D eigenvalue weighted by atomic mass is 15.2. The Kier molecular flexibility index (Phi) is 5.00. The summed E-state index contributed by atoms with van der Waals surface area (Å²) in [6.45, 7) is 8.37. The lowest BCUT2D eigenvalue weighted by Gasteiger charge is -2.37. The molecule has 1 unspecified atom stereocenters. The van der Waals surface area contributed by atoms with Crippen molar-refractivity contribution in [3.05, 3.63) is 11.9 Å². The Morgan fingerprint density at radius 3 is 2.89 bits per heavy atom. The molecule has 1 aliphatic rings. The molecule has 0 aliphatic carbocycles.